The number of carbonyl (C=O) groups is 1. The van der Waals surface area contributed by atoms with Crippen molar-refractivity contribution in [2.24, 2.45) is 5.73 Å². The molecule has 0 bridgehead atoms. The number of halogens is 2. The first-order valence-electron chi connectivity index (χ1n) is 6.60. The van der Waals surface area contributed by atoms with Crippen LogP contribution in [0.1, 0.15) is 28.3 Å². The van der Waals surface area contributed by atoms with Crippen LogP contribution < -0.4 is 11.1 Å². The Morgan fingerprint density at radius 2 is 2.10 bits per heavy atom. The Hall–Kier alpha value is -1.36. The molecule has 0 aromatic heterocycles. The van der Waals surface area contributed by atoms with Gasteiger partial charge in [0.05, 0.1) is 12.5 Å². The Labute approximate surface area is 136 Å². The van der Waals surface area contributed by atoms with Gasteiger partial charge in [0.15, 0.2) is 0 Å². The lowest BCUT2D eigenvalue weighted by Crippen LogP contribution is -2.13. The lowest BCUT2D eigenvalue weighted by Gasteiger charge is -2.18. The number of hydrogen-bond acceptors (Lipinski definition) is 2. The van der Waals surface area contributed by atoms with Crippen LogP contribution in [0.25, 0.3) is 0 Å². The molecule has 2 aromatic carbocycles. The lowest BCUT2D eigenvalue weighted by molar-refractivity contribution is -0.115. The second-order valence-corrected chi connectivity index (χ2v) is 6.41. The predicted octanol–water partition coefficient (Wildman–Crippen LogP) is 3.95. The Balaban J connectivity index is 2.06. The first kappa shape index (κ1) is 14.6. The summed E-state index contributed by atoms with van der Waals surface area (Å²) in [6, 6.07) is 9.34. The average Bonchev–Trinajstić information content (AvgIpc) is 2.79. The molecule has 3 rings (SSSR count). The maximum atomic E-state index is 11.5. The zero-order chi connectivity index (χ0) is 15.1. The SMILES string of the molecule is Cc1cccc(C(N)c2cc3c(cc2Cl)NC(=O)C3)c1Br. The van der Waals surface area contributed by atoms with Crippen molar-refractivity contribution in [2.45, 2.75) is 19.4 Å². The van der Waals surface area contributed by atoms with Crippen LogP contribution in [0.2, 0.25) is 5.02 Å². The fraction of sp³-hybridized carbons (Fsp3) is 0.188. The quantitative estimate of drug-likeness (QED) is 0.846. The van der Waals surface area contributed by atoms with Crippen molar-refractivity contribution in [1.29, 1.82) is 0 Å². The molecular weight excluding hydrogens is 352 g/mol. The Kier molecular flexibility index (Phi) is 3.78. The van der Waals surface area contributed by atoms with Crippen molar-refractivity contribution in [2.75, 3.05) is 5.32 Å². The van der Waals surface area contributed by atoms with Crippen LogP contribution >= 0.6 is 27.5 Å². The molecule has 1 aliphatic rings. The summed E-state index contributed by atoms with van der Waals surface area (Å²) in [6.45, 7) is 2.02. The van der Waals surface area contributed by atoms with Crippen molar-refractivity contribution >= 4 is 39.1 Å². The van der Waals surface area contributed by atoms with Crippen LogP contribution in [-0.4, -0.2) is 5.91 Å². The van der Waals surface area contributed by atoms with Gasteiger partial charge in [0, 0.05) is 15.2 Å². The van der Waals surface area contributed by atoms with Gasteiger partial charge in [-0.2, -0.15) is 0 Å². The van der Waals surface area contributed by atoms with E-state index in [1.807, 2.05) is 31.2 Å². The summed E-state index contributed by atoms with van der Waals surface area (Å²) in [4.78, 5) is 11.5. The minimum Gasteiger partial charge on any atom is -0.325 e. The normalized spacial score (nSPS) is 14.8. The van der Waals surface area contributed by atoms with Crippen molar-refractivity contribution in [3.8, 4) is 0 Å². The van der Waals surface area contributed by atoms with Gasteiger partial charge < -0.3 is 11.1 Å². The molecule has 3 nitrogen and oxygen atoms in total. The Bertz CT molecular complexity index is 745. The van der Waals surface area contributed by atoms with E-state index in [9.17, 15) is 4.79 Å². The standard InChI is InChI=1S/C16H14BrClN2O/c1-8-3-2-4-10(15(8)17)16(19)11-5-9-6-14(21)20-13(9)7-12(11)18/h2-5,7,16H,6,19H2,1H3,(H,20,21). The Morgan fingerprint density at radius 3 is 2.86 bits per heavy atom. The number of amides is 1. The van der Waals surface area contributed by atoms with E-state index < -0.39 is 0 Å². The number of anilines is 1. The monoisotopic (exact) mass is 364 g/mol. The number of hydrogen-bond donors (Lipinski definition) is 2. The van der Waals surface area contributed by atoms with Crippen molar-refractivity contribution in [3.05, 3.63) is 62.1 Å². The summed E-state index contributed by atoms with van der Waals surface area (Å²) in [7, 11) is 0. The first-order chi connectivity index (χ1) is 9.97. The summed E-state index contributed by atoms with van der Waals surface area (Å²) in [5.41, 5.74) is 11.1. The van der Waals surface area contributed by atoms with E-state index in [4.69, 9.17) is 17.3 Å². The number of benzene rings is 2. The smallest absolute Gasteiger partial charge is 0.228 e. The molecule has 0 saturated heterocycles. The highest BCUT2D eigenvalue weighted by Crippen LogP contribution is 2.36. The molecule has 108 valence electrons. The topological polar surface area (TPSA) is 55.1 Å². The summed E-state index contributed by atoms with van der Waals surface area (Å²) in [6.07, 6.45) is 0.376. The molecule has 3 N–H and O–H groups in total. The predicted molar refractivity (Wildman–Crippen MR) is 88.7 cm³/mol. The molecule has 0 spiro atoms. The average molecular weight is 366 g/mol. The van der Waals surface area contributed by atoms with E-state index in [2.05, 4.69) is 21.2 Å². The molecule has 0 fully saturated rings. The molecule has 5 heteroatoms. The number of nitrogens with one attached hydrogen (secondary N) is 1. The summed E-state index contributed by atoms with van der Waals surface area (Å²) in [5, 5.41) is 3.36. The number of aryl methyl sites for hydroxylation is 1. The third kappa shape index (κ3) is 2.59. The molecule has 1 amide bonds. The lowest BCUT2D eigenvalue weighted by atomic mass is 9.96. The molecule has 0 aliphatic carbocycles. The van der Waals surface area contributed by atoms with Gasteiger partial charge in [-0.05, 0) is 41.3 Å². The van der Waals surface area contributed by atoms with Gasteiger partial charge in [-0.15, -0.1) is 0 Å². The largest absolute Gasteiger partial charge is 0.325 e. The molecule has 0 radical (unpaired) electrons. The summed E-state index contributed by atoms with van der Waals surface area (Å²) in [5.74, 6) is -0.0106. The summed E-state index contributed by atoms with van der Waals surface area (Å²) < 4.78 is 0.989. The van der Waals surface area contributed by atoms with Crippen LogP contribution in [0.5, 0.6) is 0 Å². The zero-order valence-corrected chi connectivity index (χ0v) is 13.8. The molecule has 1 atom stereocenters. The van der Waals surface area contributed by atoms with Crippen LogP contribution in [0.4, 0.5) is 5.69 Å². The van der Waals surface area contributed by atoms with Gasteiger partial charge >= 0.3 is 0 Å². The number of fused-ring (bicyclic) bond motifs is 1. The molecule has 2 aromatic rings. The van der Waals surface area contributed by atoms with E-state index in [-0.39, 0.29) is 11.9 Å². The van der Waals surface area contributed by atoms with Crippen molar-refractivity contribution < 1.29 is 4.79 Å². The van der Waals surface area contributed by atoms with E-state index in [1.165, 1.54) is 0 Å². The third-order valence-corrected chi connectivity index (χ3v) is 5.15. The first-order valence-corrected chi connectivity index (χ1v) is 7.77. The molecule has 1 unspecified atom stereocenters. The van der Waals surface area contributed by atoms with Gasteiger partial charge in [0.2, 0.25) is 5.91 Å². The molecule has 21 heavy (non-hydrogen) atoms. The van der Waals surface area contributed by atoms with Gasteiger partial charge in [0.1, 0.15) is 0 Å². The fourth-order valence-corrected chi connectivity index (χ4v) is 3.38. The van der Waals surface area contributed by atoms with Crippen LogP contribution in [0, 0.1) is 6.92 Å². The van der Waals surface area contributed by atoms with Crippen molar-refractivity contribution in [3.63, 3.8) is 0 Å². The highest BCUT2D eigenvalue weighted by molar-refractivity contribution is 9.10. The third-order valence-electron chi connectivity index (χ3n) is 3.74. The molecular formula is C16H14BrClN2O. The van der Waals surface area contributed by atoms with Gasteiger partial charge in [-0.1, -0.05) is 45.7 Å². The second-order valence-electron chi connectivity index (χ2n) is 5.21. The minimum atomic E-state index is -0.340. The molecule has 1 heterocycles. The highest BCUT2D eigenvalue weighted by atomic mass is 79.9. The van der Waals surface area contributed by atoms with Crippen LogP contribution in [0.15, 0.2) is 34.8 Å². The van der Waals surface area contributed by atoms with Gasteiger partial charge in [-0.25, -0.2) is 0 Å². The van der Waals surface area contributed by atoms with Crippen LogP contribution in [-0.2, 0) is 11.2 Å². The maximum absolute atomic E-state index is 11.5. The number of nitrogens with two attached hydrogens (primary N) is 1. The Morgan fingerprint density at radius 1 is 1.33 bits per heavy atom. The zero-order valence-electron chi connectivity index (χ0n) is 11.4. The van der Waals surface area contributed by atoms with Crippen LogP contribution in [0.3, 0.4) is 0 Å². The minimum absolute atomic E-state index is 0.0106. The summed E-state index contributed by atoms with van der Waals surface area (Å²) >= 11 is 9.93. The van der Waals surface area contributed by atoms with E-state index in [1.54, 1.807) is 6.07 Å². The molecule has 1 aliphatic heterocycles. The highest BCUT2D eigenvalue weighted by Gasteiger charge is 2.23. The van der Waals surface area contributed by atoms with Crippen molar-refractivity contribution in [1.82, 2.24) is 0 Å². The second kappa shape index (κ2) is 5.44. The van der Waals surface area contributed by atoms with Gasteiger partial charge in [-0.3, -0.25) is 4.79 Å². The maximum Gasteiger partial charge on any atom is 0.228 e. The number of rotatable bonds is 2. The fourth-order valence-electron chi connectivity index (χ4n) is 2.58. The molecule has 0 saturated carbocycles. The van der Waals surface area contributed by atoms with E-state index in [0.717, 1.165) is 32.4 Å². The van der Waals surface area contributed by atoms with E-state index in [0.29, 0.717) is 11.4 Å². The van der Waals surface area contributed by atoms with Gasteiger partial charge in [0.25, 0.3) is 0 Å². The van der Waals surface area contributed by atoms with E-state index >= 15 is 0 Å². The number of carbonyl (C=O) groups excluding carboxylic acids is 1.